The van der Waals surface area contributed by atoms with Gasteiger partial charge in [-0.25, -0.2) is 4.98 Å². The number of nitro benzene ring substituents is 1. The van der Waals surface area contributed by atoms with Crippen molar-refractivity contribution >= 4 is 28.6 Å². The second kappa shape index (κ2) is 4.48. The predicted molar refractivity (Wildman–Crippen MR) is 70.7 cm³/mol. The zero-order valence-corrected chi connectivity index (χ0v) is 10.4. The van der Waals surface area contributed by atoms with Gasteiger partial charge in [-0.2, -0.15) is 0 Å². The third-order valence-corrected chi connectivity index (χ3v) is 3.50. The van der Waals surface area contributed by atoms with E-state index in [4.69, 9.17) is 5.11 Å². The van der Waals surface area contributed by atoms with Crippen LogP contribution >= 0.6 is 0 Å². The number of H-pyrrole nitrogens is 1. The van der Waals surface area contributed by atoms with E-state index >= 15 is 0 Å². The Balaban J connectivity index is 1.90. The SMILES string of the molecule is O=C(O)C1CCN(c2nc3ccc([N+](=O)[O-])cc3[nH]2)C1. The lowest BCUT2D eigenvalue weighted by molar-refractivity contribution is -0.384. The van der Waals surface area contributed by atoms with E-state index in [-0.39, 0.29) is 5.69 Å². The van der Waals surface area contributed by atoms with E-state index in [1.807, 2.05) is 4.90 Å². The second-order valence-corrected chi connectivity index (χ2v) is 4.79. The molecule has 0 amide bonds. The van der Waals surface area contributed by atoms with Crippen molar-refractivity contribution in [2.45, 2.75) is 6.42 Å². The lowest BCUT2D eigenvalue weighted by Crippen LogP contribution is -2.23. The molecule has 1 aromatic carbocycles. The summed E-state index contributed by atoms with van der Waals surface area (Å²) in [6.07, 6.45) is 0.576. The fourth-order valence-electron chi connectivity index (χ4n) is 2.40. The fraction of sp³-hybridized carbons (Fsp3) is 0.333. The second-order valence-electron chi connectivity index (χ2n) is 4.79. The maximum atomic E-state index is 10.9. The highest BCUT2D eigenvalue weighted by molar-refractivity contribution is 5.80. The van der Waals surface area contributed by atoms with Gasteiger partial charge in [0.1, 0.15) is 0 Å². The summed E-state index contributed by atoms with van der Waals surface area (Å²) in [5, 5.41) is 19.7. The molecule has 0 bridgehead atoms. The Morgan fingerprint density at radius 3 is 3.00 bits per heavy atom. The quantitative estimate of drug-likeness (QED) is 0.647. The largest absolute Gasteiger partial charge is 0.481 e. The minimum atomic E-state index is -0.806. The predicted octanol–water partition coefficient (Wildman–Crippen LogP) is 1.38. The van der Waals surface area contributed by atoms with Crippen molar-refractivity contribution in [2.75, 3.05) is 18.0 Å². The lowest BCUT2D eigenvalue weighted by atomic mass is 10.1. The first-order valence-corrected chi connectivity index (χ1v) is 6.16. The zero-order valence-electron chi connectivity index (χ0n) is 10.4. The van der Waals surface area contributed by atoms with Gasteiger partial charge in [0.25, 0.3) is 5.69 Å². The van der Waals surface area contributed by atoms with Crippen LogP contribution in [0.15, 0.2) is 18.2 Å². The fourth-order valence-corrected chi connectivity index (χ4v) is 2.40. The summed E-state index contributed by atoms with van der Waals surface area (Å²) in [6.45, 7) is 1.01. The number of nitrogens with one attached hydrogen (secondary N) is 1. The van der Waals surface area contributed by atoms with Crippen LogP contribution in [0.25, 0.3) is 11.0 Å². The Morgan fingerprint density at radius 1 is 1.55 bits per heavy atom. The molecule has 3 rings (SSSR count). The molecule has 2 N–H and O–H groups in total. The van der Waals surface area contributed by atoms with Gasteiger partial charge in [-0.1, -0.05) is 0 Å². The van der Waals surface area contributed by atoms with Gasteiger partial charge in [0.15, 0.2) is 0 Å². The highest BCUT2D eigenvalue weighted by Gasteiger charge is 2.29. The van der Waals surface area contributed by atoms with Crippen LogP contribution in [0.4, 0.5) is 11.6 Å². The molecular formula is C12H12N4O4. The van der Waals surface area contributed by atoms with Crippen molar-refractivity contribution in [1.82, 2.24) is 9.97 Å². The summed E-state index contributed by atoms with van der Waals surface area (Å²) in [7, 11) is 0. The molecule has 1 aromatic heterocycles. The number of aromatic amines is 1. The van der Waals surface area contributed by atoms with Crippen LogP contribution in [0.2, 0.25) is 0 Å². The van der Waals surface area contributed by atoms with Gasteiger partial charge in [-0.15, -0.1) is 0 Å². The number of aliphatic carboxylic acids is 1. The average Bonchev–Trinajstić information content (AvgIpc) is 3.04. The molecule has 1 atom stereocenters. The number of fused-ring (bicyclic) bond motifs is 1. The molecule has 0 radical (unpaired) electrons. The lowest BCUT2D eigenvalue weighted by Gasteiger charge is -2.13. The smallest absolute Gasteiger partial charge is 0.308 e. The Kier molecular flexibility index (Phi) is 2.78. The molecular weight excluding hydrogens is 264 g/mol. The molecule has 104 valence electrons. The van der Waals surface area contributed by atoms with Crippen molar-refractivity contribution < 1.29 is 14.8 Å². The molecule has 1 saturated heterocycles. The maximum absolute atomic E-state index is 10.9. The third kappa shape index (κ3) is 2.04. The van der Waals surface area contributed by atoms with Crippen LogP contribution in [0.3, 0.4) is 0 Å². The van der Waals surface area contributed by atoms with Gasteiger partial charge < -0.3 is 15.0 Å². The van der Waals surface area contributed by atoms with E-state index in [2.05, 4.69) is 9.97 Å². The van der Waals surface area contributed by atoms with E-state index < -0.39 is 16.8 Å². The topological polar surface area (TPSA) is 112 Å². The average molecular weight is 276 g/mol. The van der Waals surface area contributed by atoms with E-state index in [1.165, 1.54) is 12.1 Å². The normalized spacial score (nSPS) is 18.6. The van der Waals surface area contributed by atoms with Gasteiger partial charge in [-0.3, -0.25) is 14.9 Å². The summed E-state index contributed by atoms with van der Waals surface area (Å²) >= 11 is 0. The Hall–Kier alpha value is -2.64. The van der Waals surface area contributed by atoms with Gasteiger partial charge >= 0.3 is 5.97 Å². The molecule has 8 heteroatoms. The standard InChI is InChI=1S/C12H12N4O4/c17-11(18)7-3-4-15(6-7)12-13-9-2-1-8(16(19)20)5-10(9)14-12/h1-2,5,7H,3-4,6H2,(H,13,14)(H,17,18). The number of carboxylic acids is 1. The Morgan fingerprint density at radius 2 is 2.35 bits per heavy atom. The van der Waals surface area contributed by atoms with Gasteiger partial charge in [0.2, 0.25) is 5.95 Å². The number of non-ortho nitro benzene ring substituents is 1. The summed E-state index contributed by atoms with van der Waals surface area (Å²) in [5.74, 6) is -0.638. The molecule has 1 aliphatic heterocycles. The Labute approximate surface area is 113 Å². The molecule has 0 spiro atoms. The number of hydrogen-bond acceptors (Lipinski definition) is 5. The number of carboxylic acid groups (broad SMARTS) is 1. The number of nitrogens with zero attached hydrogens (tertiary/aromatic N) is 3. The molecule has 2 heterocycles. The molecule has 0 aliphatic carbocycles. The van der Waals surface area contributed by atoms with Crippen LogP contribution < -0.4 is 4.90 Å². The minimum absolute atomic E-state index is 0.00228. The summed E-state index contributed by atoms with van der Waals surface area (Å²) in [6, 6.07) is 4.41. The number of benzene rings is 1. The number of hydrogen-bond donors (Lipinski definition) is 2. The first-order chi connectivity index (χ1) is 9.54. The van der Waals surface area contributed by atoms with Crippen LogP contribution in [-0.2, 0) is 4.79 Å². The number of imidazole rings is 1. The molecule has 2 aromatic rings. The molecule has 8 nitrogen and oxygen atoms in total. The molecule has 20 heavy (non-hydrogen) atoms. The molecule has 0 saturated carbocycles. The number of carbonyl (C=O) groups is 1. The molecule has 1 aliphatic rings. The number of anilines is 1. The summed E-state index contributed by atoms with van der Waals surface area (Å²) in [4.78, 5) is 30.4. The zero-order chi connectivity index (χ0) is 14.3. The van der Waals surface area contributed by atoms with Crippen LogP contribution in [-0.4, -0.2) is 39.1 Å². The van der Waals surface area contributed by atoms with E-state index in [9.17, 15) is 14.9 Å². The minimum Gasteiger partial charge on any atom is -0.481 e. The van der Waals surface area contributed by atoms with Crippen molar-refractivity contribution in [3.05, 3.63) is 28.3 Å². The highest BCUT2D eigenvalue weighted by Crippen LogP contribution is 2.26. The number of nitro groups is 1. The van der Waals surface area contributed by atoms with Crippen LogP contribution in [0.5, 0.6) is 0 Å². The van der Waals surface area contributed by atoms with Crippen molar-refractivity contribution in [2.24, 2.45) is 5.92 Å². The van der Waals surface area contributed by atoms with Crippen molar-refractivity contribution in [1.29, 1.82) is 0 Å². The van der Waals surface area contributed by atoms with E-state index in [0.717, 1.165) is 0 Å². The summed E-state index contributed by atoms with van der Waals surface area (Å²) < 4.78 is 0. The van der Waals surface area contributed by atoms with Crippen molar-refractivity contribution in [3.63, 3.8) is 0 Å². The summed E-state index contributed by atoms with van der Waals surface area (Å²) in [5.41, 5.74) is 1.20. The van der Waals surface area contributed by atoms with Crippen LogP contribution in [0, 0.1) is 16.0 Å². The van der Waals surface area contributed by atoms with E-state index in [0.29, 0.717) is 36.5 Å². The maximum Gasteiger partial charge on any atom is 0.308 e. The molecule has 1 fully saturated rings. The monoisotopic (exact) mass is 276 g/mol. The highest BCUT2D eigenvalue weighted by atomic mass is 16.6. The van der Waals surface area contributed by atoms with Gasteiger partial charge in [-0.05, 0) is 12.5 Å². The number of rotatable bonds is 3. The molecule has 1 unspecified atom stereocenters. The van der Waals surface area contributed by atoms with Gasteiger partial charge in [0.05, 0.1) is 21.9 Å². The van der Waals surface area contributed by atoms with Crippen LogP contribution in [0.1, 0.15) is 6.42 Å². The third-order valence-electron chi connectivity index (χ3n) is 3.50. The first kappa shape index (κ1) is 12.4. The van der Waals surface area contributed by atoms with Crippen molar-refractivity contribution in [3.8, 4) is 0 Å². The Bertz CT molecular complexity index is 696. The first-order valence-electron chi connectivity index (χ1n) is 6.16. The number of aromatic nitrogens is 2. The van der Waals surface area contributed by atoms with Gasteiger partial charge in [0, 0.05) is 25.2 Å². The van der Waals surface area contributed by atoms with E-state index in [1.54, 1.807) is 6.07 Å².